The summed E-state index contributed by atoms with van der Waals surface area (Å²) in [5.74, 6) is -1.09. The molecule has 1 rings (SSSR count). The third-order valence-electron chi connectivity index (χ3n) is 1.71. The van der Waals surface area contributed by atoms with Gasteiger partial charge in [-0.15, -0.1) is 0 Å². The van der Waals surface area contributed by atoms with Crippen molar-refractivity contribution in [2.75, 3.05) is 6.61 Å². The molecule has 0 fully saturated rings. The highest BCUT2D eigenvalue weighted by molar-refractivity contribution is 6.36. The number of carboxylic acids is 1. The minimum Gasteiger partial charge on any atom is -0.479 e. The van der Waals surface area contributed by atoms with Gasteiger partial charge < -0.3 is 9.94 Å². The smallest absolute Gasteiger partial charge is 0.344 e. The summed E-state index contributed by atoms with van der Waals surface area (Å²) < 4.78 is 0. The molecule has 4 nitrogen and oxygen atoms in total. The van der Waals surface area contributed by atoms with Crippen LogP contribution in [0.4, 0.5) is 0 Å². The van der Waals surface area contributed by atoms with E-state index >= 15 is 0 Å². The van der Waals surface area contributed by atoms with Crippen LogP contribution in [0.3, 0.4) is 0 Å². The summed E-state index contributed by atoms with van der Waals surface area (Å²) in [7, 11) is 0. The Hall–Kier alpha value is -1.26. The highest BCUT2D eigenvalue weighted by atomic mass is 35.5. The van der Waals surface area contributed by atoms with E-state index in [1.807, 2.05) is 0 Å². The van der Waals surface area contributed by atoms with Gasteiger partial charge in [-0.1, -0.05) is 28.4 Å². The number of hydrogen-bond donors (Lipinski definition) is 1. The van der Waals surface area contributed by atoms with Crippen molar-refractivity contribution in [2.45, 2.75) is 6.92 Å². The minimum absolute atomic E-state index is 0.466. The van der Waals surface area contributed by atoms with Crippen molar-refractivity contribution in [1.82, 2.24) is 0 Å². The summed E-state index contributed by atoms with van der Waals surface area (Å²) in [4.78, 5) is 14.8. The van der Waals surface area contributed by atoms with Crippen molar-refractivity contribution in [2.24, 2.45) is 5.16 Å². The Bertz CT molecular complexity index is 432. The number of carboxylic acid groups (broad SMARTS) is 1. The van der Waals surface area contributed by atoms with Gasteiger partial charge in [0.15, 0.2) is 0 Å². The summed E-state index contributed by atoms with van der Waals surface area (Å²) in [6.07, 6.45) is 0. The van der Waals surface area contributed by atoms with Crippen LogP contribution in [0.5, 0.6) is 0 Å². The Morgan fingerprint density at radius 3 is 2.81 bits per heavy atom. The number of aliphatic carboxylic acids is 1. The Kier molecular flexibility index (Phi) is 4.58. The van der Waals surface area contributed by atoms with Gasteiger partial charge in [0, 0.05) is 15.6 Å². The maximum absolute atomic E-state index is 10.2. The van der Waals surface area contributed by atoms with Crippen LogP contribution in [-0.4, -0.2) is 23.4 Å². The standard InChI is InChI=1S/C10H9Cl2NO3/c1-6(13-16-5-10(14)15)8-4-7(11)2-3-9(8)12/h2-4H,5H2,1H3,(H,14,15). The van der Waals surface area contributed by atoms with E-state index in [0.29, 0.717) is 21.3 Å². The van der Waals surface area contributed by atoms with E-state index in [-0.39, 0.29) is 0 Å². The number of carbonyl (C=O) groups is 1. The monoisotopic (exact) mass is 261 g/mol. The Labute approximate surface area is 102 Å². The van der Waals surface area contributed by atoms with Crippen LogP contribution < -0.4 is 0 Å². The molecule has 0 saturated heterocycles. The molecule has 0 spiro atoms. The van der Waals surface area contributed by atoms with Gasteiger partial charge in [0.25, 0.3) is 0 Å². The normalized spacial score (nSPS) is 11.3. The SMILES string of the molecule is CC(=NOCC(=O)O)c1cc(Cl)ccc1Cl. The maximum Gasteiger partial charge on any atom is 0.344 e. The van der Waals surface area contributed by atoms with Crippen molar-refractivity contribution >= 4 is 34.9 Å². The second-order valence-electron chi connectivity index (χ2n) is 2.97. The third kappa shape index (κ3) is 3.72. The van der Waals surface area contributed by atoms with Gasteiger partial charge in [-0.2, -0.15) is 0 Å². The zero-order valence-electron chi connectivity index (χ0n) is 8.41. The topological polar surface area (TPSA) is 58.9 Å². The average molecular weight is 262 g/mol. The van der Waals surface area contributed by atoms with Crippen LogP contribution in [0.2, 0.25) is 10.0 Å². The van der Waals surface area contributed by atoms with Gasteiger partial charge in [-0.05, 0) is 25.1 Å². The molecule has 1 aromatic rings. The molecule has 1 aromatic carbocycles. The number of oxime groups is 1. The van der Waals surface area contributed by atoms with E-state index in [2.05, 4.69) is 9.99 Å². The zero-order chi connectivity index (χ0) is 12.1. The van der Waals surface area contributed by atoms with Crippen LogP contribution in [0.25, 0.3) is 0 Å². The molecule has 0 heterocycles. The predicted octanol–water partition coefficient (Wildman–Crippen LogP) is 2.82. The molecule has 86 valence electrons. The average Bonchev–Trinajstić information content (AvgIpc) is 2.21. The lowest BCUT2D eigenvalue weighted by Crippen LogP contribution is -2.05. The van der Waals surface area contributed by atoms with Crippen LogP contribution in [-0.2, 0) is 9.63 Å². The second kappa shape index (κ2) is 5.72. The molecule has 0 aliphatic rings. The van der Waals surface area contributed by atoms with Crippen LogP contribution in [0.1, 0.15) is 12.5 Å². The lowest BCUT2D eigenvalue weighted by atomic mass is 10.1. The molecule has 6 heteroatoms. The van der Waals surface area contributed by atoms with Gasteiger partial charge in [-0.3, -0.25) is 0 Å². The first-order valence-corrected chi connectivity index (χ1v) is 5.10. The van der Waals surface area contributed by atoms with Crippen molar-refractivity contribution in [1.29, 1.82) is 0 Å². The molecule has 0 unspecified atom stereocenters. The zero-order valence-corrected chi connectivity index (χ0v) is 9.92. The largest absolute Gasteiger partial charge is 0.479 e. The molecule has 0 aliphatic heterocycles. The lowest BCUT2D eigenvalue weighted by molar-refractivity contribution is -0.142. The summed E-state index contributed by atoms with van der Waals surface area (Å²) in [6, 6.07) is 4.92. The van der Waals surface area contributed by atoms with Gasteiger partial charge in [0.2, 0.25) is 6.61 Å². The number of halogens is 2. The van der Waals surface area contributed by atoms with Crippen molar-refractivity contribution in [3.63, 3.8) is 0 Å². The van der Waals surface area contributed by atoms with Crippen LogP contribution in [0.15, 0.2) is 23.4 Å². The molecular weight excluding hydrogens is 253 g/mol. The fraction of sp³-hybridized carbons (Fsp3) is 0.200. The van der Waals surface area contributed by atoms with Crippen LogP contribution >= 0.6 is 23.2 Å². The number of rotatable bonds is 4. The second-order valence-corrected chi connectivity index (χ2v) is 3.81. The molecule has 0 atom stereocenters. The highest BCUT2D eigenvalue weighted by Gasteiger charge is 2.05. The van der Waals surface area contributed by atoms with Gasteiger partial charge >= 0.3 is 5.97 Å². The van der Waals surface area contributed by atoms with Crippen LogP contribution in [0, 0.1) is 0 Å². The molecule has 0 bridgehead atoms. The molecule has 0 aliphatic carbocycles. The predicted molar refractivity (Wildman–Crippen MR) is 62.3 cm³/mol. The lowest BCUT2D eigenvalue weighted by Gasteiger charge is -2.03. The number of nitrogens with zero attached hydrogens (tertiary/aromatic N) is 1. The van der Waals surface area contributed by atoms with E-state index in [1.54, 1.807) is 25.1 Å². The Morgan fingerprint density at radius 1 is 1.50 bits per heavy atom. The van der Waals surface area contributed by atoms with Gasteiger partial charge in [0.05, 0.1) is 5.71 Å². The van der Waals surface area contributed by atoms with E-state index < -0.39 is 12.6 Å². The Balaban J connectivity index is 2.82. The first kappa shape index (κ1) is 12.8. The van der Waals surface area contributed by atoms with Crippen molar-refractivity contribution in [3.05, 3.63) is 33.8 Å². The molecular formula is C10H9Cl2NO3. The number of hydrogen-bond acceptors (Lipinski definition) is 3. The van der Waals surface area contributed by atoms with Crippen molar-refractivity contribution in [3.8, 4) is 0 Å². The summed E-state index contributed by atoms with van der Waals surface area (Å²) in [6.45, 7) is 1.16. The van der Waals surface area contributed by atoms with E-state index in [4.69, 9.17) is 28.3 Å². The van der Waals surface area contributed by atoms with E-state index in [9.17, 15) is 4.79 Å². The third-order valence-corrected chi connectivity index (χ3v) is 2.27. The van der Waals surface area contributed by atoms with Gasteiger partial charge in [0.1, 0.15) is 0 Å². The van der Waals surface area contributed by atoms with Gasteiger partial charge in [-0.25, -0.2) is 4.79 Å². The summed E-state index contributed by atoms with van der Waals surface area (Å²) >= 11 is 11.7. The minimum atomic E-state index is -1.09. The van der Waals surface area contributed by atoms with E-state index in [1.165, 1.54) is 0 Å². The van der Waals surface area contributed by atoms with E-state index in [0.717, 1.165) is 0 Å². The first-order chi connectivity index (χ1) is 7.50. The molecule has 16 heavy (non-hydrogen) atoms. The molecule has 0 radical (unpaired) electrons. The summed E-state index contributed by atoms with van der Waals surface area (Å²) in [5.41, 5.74) is 1.08. The molecule has 1 N–H and O–H groups in total. The fourth-order valence-corrected chi connectivity index (χ4v) is 1.43. The molecule has 0 saturated carbocycles. The molecule has 0 amide bonds. The maximum atomic E-state index is 10.2. The number of benzene rings is 1. The highest BCUT2D eigenvalue weighted by Crippen LogP contribution is 2.21. The first-order valence-electron chi connectivity index (χ1n) is 4.34. The Morgan fingerprint density at radius 2 is 2.19 bits per heavy atom. The summed E-state index contributed by atoms with van der Waals surface area (Å²) in [5, 5.41) is 13.0. The quantitative estimate of drug-likeness (QED) is 0.670. The fourth-order valence-electron chi connectivity index (χ4n) is 1.01. The molecule has 0 aromatic heterocycles. The van der Waals surface area contributed by atoms with Crippen molar-refractivity contribution < 1.29 is 14.7 Å².